The van der Waals surface area contributed by atoms with Gasteiger partial charge in [0.05, 0.1) is 6.04 Å². The lowest BCUT2D eigenvalue weighted by atomic mass is 10.1. The maximum absolute atomic E-state index is 13.3. The summed E-state index contributed by atoms with van der Waals surface area (Å²) >= 11 is 12.0. The van der Waals surface area contributed by atoms with Gasteiger partial charge in [-0.1, -0.05) is 29.3 Å². The van der Waals surface area contributed by atoms with Crippen LogP contribution in [0.1, 0.15) is 11.6 Å². The van der Waals surface area contributed by atoms with Crippen LogP contribution in [-0.2, 0) is 0 Å². The van der Waals surface area contributed by atoms with Gasteiger partial charge in [0.25, 0.3) is 0 Å². The van der Waals surface area contributed by atoms with Crippen LogP contribution in [0, 0.1) is 0 Å². The van der Waals surface area contributed by atoms with Gasteiger partial charge in [-0.3, -0.25) is 4.90 Å². The minimum atomic E-state index is -0.429. The van der Waals surface area contributed by atoms with Crippen molar-refractivity contribution in [3.8, 4) is 0 Å². The molecule has 1 aromatic carbocycles. The first-order valence-electron chi connectivity index (χ1n) is 5.68. The molecule has 0 radical (unpaired) electrons. The molecule has 1 saturated heterocycles. The van der Waals surface area contributed by atoms with Gasteiger partial charge < -0.3 is 5.32 Å². The molecule has 0 saturated carbocycles. The maximum Gasteiger partial charge on any atom is 0.109 e. The normalized spacial score (nSPS) is 18.2. The molecule has 1 aliphatic heterocycles. The first-order valence-corrected chi connectivity index (χ1v) is 6.43. The van der Waals surface area contributed by atoms with Gasteiger partial charge in [0.15, 0.2) is 0 Å². The summed E-state index contributed by atoms with van der Waals surface area (Å²) in [5.74, 6) is 0. The van der Waals surface area contributed by atoms with E-state index < -0.39 is 6.67 Å². The van der Waals surface area contributed by atoms with Gasteiger partial charge in [-0.2, -0.15) is 0 Å². The molecule has 1 aromatic rings. The molecule has 2 rings (SSSR count). The predicted molar refractivity (Wildman–Crippen MR) is 76.9 cm³/mol. The number of nitrogens with one attached hydrogen (secondary N) is 1. The lowest BCUT2D eigenvalue weighted by Gasteiger charge is -2.34. The Hall–Kier alpha value is -0.0600. The third-order valence-corrected chi connectivity index (χ3v) is 3.62. The number of halogens is 4. The fourth-order valence-corrected chi connectivity index (χ4v) is 2.68. The zero-order valence-corrected chi connectivity index (χ0v) is 12.2. The molecule has 0 spiro atoms. The lowest BCUT2D eigenvalue weighted by molar-refractivity contribution is 0.147. The Bertz CT molecular complexity index is 384. The number of alkyl halides is 1. The van der Waals surface area contributed by atoms with Crippen LogP contribution in [0.5, 0.6) is 0 Å². The van der Waals surface area contributed by atoms with Crippen molar-refractivity contribution < 1.29 is 4.39 Å². The number of benzene rings is 1. The van der Waals surface area contributed by atoms with Crippen LogP contribution < -0.4 is 5.32 Å². The second-order valence-corrected chi connectivity index (χ2v) is 4.97. The third-order valence-electron chi connectivity index (χ3n) is 3.06. The second kappa shape index (κ2) is 7.51. The molecule has 0 aliphatic carbocycles. The lowest BCUT2D eigenvalue weighted by Crippen LogP contribution is -2.45. The minimum Gasteiger partial charge on any atom is -0.314 e. The summed E-state index contributed by atoms with van der Waals surface area (Å²) in [6.07, 6.45) is 0. The Balaban J connectivity index is 0.00000162. The van der Waals surface area contributed by atoms with E-state index in [1.807, 2.05) is 6.07 Å². The molecule has 1 heterocycles. The van der Waals surface area contributed by atoms with Crippen LogP contribution in [0.3, 0.4) is 0 Å². The molecule has 2 nitrogen and oxygen atoms in total. The first kappa shape index (κ1) is 16.0. The summed E-state index contributed by atoms with van der Waals surface area (Å²) in [5, 5.41) is 4.37. The van der Waals surface area contributed by atoms with Gasteiger partial charge in [-0.15, -0.1) is 12.4 Å². The third kappa shape index (κ3) is 3.72. The van der Waals surface area contributed by atoms with Crippen LogP contribution in [0.4, 0.5) is 4.39 Å². The highest BCUT2D eigenvalue weighted by molar-refractivity contribution is 6.35. The number of hydrogen-bond acceptors (Lipinski definition) is 2. The van der Waals surface area contributed by atoms with E-state index in [4.69, 9.17) is 23.2 Å². The number of rotatable bonds is 3. The van der Waals surface area contributed by atoms with E-state index in [-0.39, 0.29) is 18.4 Å². The zero-order valence-electron chi connectivity index (χ0n) is 9.83. The average molecular weight is 314 g/mol. The highest BCUT2D eigenvalue weighted by atomic mass is 35.5. The molecule has 0 aromatic heterocycles. The Morgan fingerprint density at radius 1 is 1.28 bits per heavy atom. The van der Waals surface area contributed by atoms with Gasteiger partial charge in [0.1, 0.15) is 6.67 Å². The van der Waals surface area contributed by atoms with E-state index in [0.717, 1.165) is 31.7 Å². The Morgan fingerprint density at radius 3 is 2.50 bits per heavy atom. The van der Waals surface area contributed by atoms with Gasteiger partial charge in [0.2, 0.25) is 0 Å². The van der Waals surface area contributed by atoms with Crippen molar-refractivity contribution in [2.45, 2.75) is 6.04 Å². The van der Waals surface area contributed by atoms with Crippen molar-refractivity contribution in [3.63, 3.8) is 0 Å². The van der Waals surface area contributed by atoms with E-state index in [2.05, 4.69) is 10.2 Å². The summed E-state index contributed by atoms with van der Waals surface area (Å²) in [5.41, 5.74) is 0.820. The highest BCUT2D eigenvalue weighted by Gasteiger charge is 2.23. The molecule has 1 aliphatic rings. The number of hydrogen-bond donors (Lipinski definition) is 1. The topological polar surface area (TPSA) is 15.3 Å². The van der Waals surface area contributed by atoms with E-state index >= 15 is 0 Å². The molecule has 1 atom stereocenters. The average Bonchev–Trinajstić information content (AvgIpc) is 2.34. The predicted octanol–water partition coefficient (Wildman–Crippen LogP) is 3.33. The quantitative estimate of drug-likeness (QED) is 0.921. The number of piperazine rings is 1. The van der Waals surface area contributed by atoms with Crippen molar-refractivity contribution >= 4 is 35.6 Å². The van der Waals surface area contributed by atoms with Gasteiger partial charge in [-0.25, -0.2) is 4.39 Å². The van der Waals surface area contributed by atoms with E-state index in [0.29, 0.717) is 10.0 Å². The van der Waals surface area contributed by atoms with Crippen molar-refractivity contribution in [2.24, 2.45) is 0 Å². The van der Waals surface area contributed by atoms with Crippen LogP contribution in [0.2, 0.25) is 10.0 Å². The first-order chi connectivity index (χ1) is 8.22. The van der Waals surface area contributed by atoms with Crippen molar-refractivity contribution in [1.82, 2.24) is 10.2 Å². The SMILES string of the molecule is Cl.FC[C@@H](c1ccc(Cl)cc1Cl)N1CCNCC1. The molecule has 0 bridgehead atoms. The number of nitrogens with zero attached hydrogens (tertiary/aromatic N) is 1. The van der Waals surface area contributed by atoms with Crippen LogP contribution in [0.15, 0.2) is 18.2 Å². The molecule has 0 amide bonds. The van der Waals surface area contributed by atoms with Gasteiger partial charge in [-0.05, 0) is 17.7 Å². The summed E-state index contributed by atoms with van der Waals surface area (Å²) < 4.78 is 13.3. The molecule has 1 N–H and O–H groups in total. The maximum atomic E-state index is 13.3. The Labute approximate surface area is 123 Å². The standard InChI is InChI=1S/C12H15Cl2FN2.ClH/c13-9-1-2-10(11(14)7-9)12(8-15)17-5-3-16-4-6-17;/h1-2,7,12,16H,3-6,8H2;1H/t12-;/m0./s1. The largest absolute Gasteiger partial charge is 0.314 e. The van der Waals surface area contributed by atoms with Crippen LogP contribution in [0.25, 0.3) is 0 Å². The van der Waals surface area contributed by atoms with E-state index in [1.165, 1.54) is 0 Å². The Kier molecular flexibility index (Phi) is 6.67. The zero-order chi connectivity index (χ0) is 12.3. The fourth-order valence-electron chi connectivity index (χ4n) is 2.14. The van der Waals surface area contributed by atoms with Crippen molar-refractivity contribution in [2.75, 3.05) is 32.9 Å². The Morgan fingerprint density at radius 2 is 1.94 bits per heavy atom. The minimum absolute atomic E-state index is 0. The molecular formula is C12H16Cl3FN2. The van der Waals surface area contributed by atoms with Crippen molar-refractivity contribution in [3.05, 3.63) is 33.8 Å². The molecular weight excluding hydrogens is 298 g/mol. The van der Waals surface area contributed by atoms with Gasteiger partial charge in [0, 0.05) is 36.2 Å². The molecule has 102 valence electrons. The van der Waals surface area contributed by atoms with E-state index in [1.54, 1.807) is 12.1 Å². The summed E-state index contributed by atoms with van der Waals surface area (Å²) in [7, 11) is 0. The second-order valence-electron chi connectivity index (χ2n) is 4.12. The van der Waals surface area contributed by atoms with E-state index in [9.17, 15) is 4.39 Å². The monoisotopic (exact) mass is 312 g/mol. The summed E-state index contributed by atoms with van der Waals surface area (Å²) in [4.78, 5) is 2.12. The molecule has 6 heteroatoms. The molecule has 0 unspecified atom stereocenters. The molecule has 18 heavy (non-hydrogen) atoms. The summed E-state index contributed by atoms with van der Waals surface area (Å²) in [6.45, 7) is 3.03. The highest BCUT2D eigenvalue weighted by Crippen LogP contribution is 2.30. The van der Waals surface area contributed by atoms with Gasteiger partial charge >= 0.3 is 0 Å². The van der Waals surface area contributed by atoms with Crippen LogP contribution in [-0.4, -0.2) is 37.8 Å². The van der Waals surface area contributed by atoms with Crippen molar-refractivity contribution in [1.29, 1.82) is 0 Å². The summed E-state index contributed by atoms with van der Waals surface area (Å²) in [6, 6.07) is 4.98. The smallest absolute Gasteiger partial charge is 0.109 e. The molecule has 1 fully saturated rings. The fraction of sp³-hybridized carbons (Fsp3) is 0.500. The van der Waals surface area contributed by atoms with Crippen LogP contribution >= 0.6 is 35.6 Å².